The molecular formula is C11H10N4O4S. The number of carbonyl (C=O) groups is 2. The van der Waals surface area contributed by atoms with Crippen LogP contribution in [0.5, 0.6) is 0 Å². The molecule has 2 atom stereocenters. The number of fused-ring (bicyclic) bond motifs is 1. The zero-order valence-electron chi connectivity index (χ0n) is 10.4. The van der Waals surface area contributed by atoms with Crippen LogP contribution in [0, 0.1) is 0 Å². The normalized spacial score (nSPS) is 22.9. The minimum atomic E-state index is -1.13. The minimum Gasteiger partial charge on any atom is -0.393 e. The SMILES string of the molecule is CSc1ncnc2c1ncn2C1OC(CO)C(=O)C1=O. The summed E-state index contributed by atoms with van der Waals surface area (Å²) in [5.74, 6) is -1.45. The van der Waals surface area contributed by atoms with E-state index >= 15 is 0 Å². The Morgan fingerprint density at radius 1 is 1.35 bits per heavy atom. The van der Waals surface area contributed by atoms with Gasteiger partial charge in [-0.1, -0.05) is 0 Å². The van der Waals surface area contributed by atoms with E-state index in [1.165, 1.54) is 29.0 Å². The van der Waals surface area contributed by atoms with E-state index in [0.29, 0.717) is 16.2 Å². The predicted molar refractivity (Wildman–Crippen MR) is 68.1 cm³/mol. The zero-order valence-corrected chi connectivity index (χ0v) is 11.2. The zero-order chi connectivity index (χ0) is 14.3. The average Bonchev–Trinajstić information content (AvgIpc) is 3.01. The molecule has 1 N–H and O–H groups in total. The highest BCUT2D eigenvalue weighted by molar-refractivity contribution is 7.98. The number of Topliss-reactive ketones (excluding diaryl/α,β-unsaturated/α-hetero) is 2. The van der Waals surface area contributed by atoms with Gasteiger partial charge in [0.1, 0.15) is 23.0 Å². The molecule has 0 spiro atoms. The number of aromatic nitrogens is 4. The first-order chi connectivity index (χ1) is 9.67. The number of aliphatic hydroxyl groups excluding tert-OH is 1. The molecule has 20 heavy (non-hydrogen) atoms. The molecule has 0 radical (unpaired) electrons. The molecule has 1 aliphatic rings. The number of thioether (sulfide) groups is 1. The number of ketones is 2. The summed E-state index contributed by atoms with van der Waals surface area (Å²) in [5, 5.41) is 9.68. The molecule has 2 unspecified atom stereocenters. The van der Waals surface area contributed by atoms with Crippen LogP contribution in [-0.2, 0) is 14.3 Å². The Morgan fingerprint density at radius 3 is 2.80 bits per heavy atom. The molecule has 2 aromatic rings. The molecule has 0 amide bonds. The largest absolute Gasteiger partial charge is 0.393 e. The second kappa shape index (κ2) is 4.93. The molecule has 2 aromatic heterocycles. The van der Waals surface area contributed by atoms with Crippen molar-refractivity contribution in [3.05, 3.63) is 12.7 Å². The van der Waals surface area contributed by atoms with Crippen molar-refractivity contribution < 1.29 is 19.4 Å². The molecule has 1 saturated heterocycles. The lowest BCUT2D eigenvalue weighted by atomic mass is 10.2. The van der Waals surface area contributed by atoms with Crippen molar-refractivity contribution in [1.29, 1.82) is 0 Å². The van der Waals surface area contributed by atoms with Crippen LogP contribution in [0.15, 0.2) is 17.7 Å². The number of rotatable bonds is 3. The fraction of sp³-hybridized carbons (Fsp3) is 0.364. The number of hydrogen-bond acceptors (Lipinski definition) is 8. The first kappa shape index (κ1) is 13.2. The molecule has 1 fully saturated rings. The van der Waals surface area contributed by atoms with E-state index in [0.717, 1.165) is 0 Å². The van der Waals surface area contributed by atoms with Crippen LogP contribution < -0.4 is 0 Å². The Bertz CT molecular complexity index is 701. The lowest BCUT2D eigenvalue weighted by Crippen LogP contribution is -2.23. The maximum Gasteiger partial charge on any atom is 0.251 e. The van der Waals surface area contributed by atoms with Crippen molar-refractivity contribution in [2.24, 2.45) is 0 Å². The predicted octanol–water partition coefficient (Wildman–Crippen LogP) is -0.424. The number of aliphatic hydroxyl groups is 1. The topological polar surface area (TPSA) is 107 Å². The summed E-state index contributed by atoms with van der Waals surface area (Å²) in [7, 11) is 0. The molecule has 3 heterocycles. The van der Waals surface area contributed by atoms with Crippen LogP contribution in [0.1, 0.15) is 6.23 Å². The van der Waals surface area contributed by atoms with Crippen molar-refractivity contribution in [3.8, 4) is 0 Å². The van der Waals surface area contributed by atoms with E-state index in [1.807, 2.05) is 6.26 Å². The maximum absolute atomic E-state index is 11.9. The second-order valence-corrected chi connectivity index (χ2v) is 4.89. The van der Waals surface area contributed by atoms with Crippen molar-refractivity contribution in [2.75, 3.05) is 12.9 Å². The third-order valence-electron chi connectivity index (χ3n) is 2.99. The van der Waals surface area contributed by atoms with E-state index in [4.69, 9.17) is 9.84 Å². The first-order valence-electron chi connectivity index (χ1n) is 5.73. The summed E-state index contributed by atoms with van der Waals surface area (Å²) in [4.78, 5) is 35.8. The van der Waals surface area contributed by atoms with Crippen molar-refractivity contribution in [1.82, 2.24) is 19.5 Å². The van der Waals surface area contributed by atoms with Gasteiger partial charge in [0.15, 0.2) is 5.65 Å². The van der Waals surface area contributed by atoms with Gasteiger partial charge in [-0.25, -0.2) is 15.0 Å². The third-order valence-corrected chi connectivity index (χ3v) is 3.68. The van der Waals surface area contributed by atoms with Crippen LogP contribution in [0.3, 0.4) is 0 Å². The van der Waals surface area contributed by atoms with E-state index in [1.54, 1.807) is 0 Å². The summed E-state index contributed by atoms with van der Waals surface area (Å²) < 4.78 is 6.65. The van der Waals surface area contributed by atoms with E-state index in [9.17, 15) is 9.59 Å². The smallest absolute Gasteiger partial charge is 0.251 e. The first-order valence-corrected chi connectivity index (χ1v) is 6.95. The Hall–Kier alpha value is -1.84. The van der Waals surface area contributed by atoms with Crippen molar-refractivity contribution in [3.63, 3.8) is 0 Å². The Kier molecular flexibility index (Phi) is 3.24. The molecule has 0 bridgehead atoms. The molecule has 3 rings (SSSR count). The van der Waals surface area contributed by atoms with Gasteiger partial charge in [0, 0.05) is 0 Å². The van der Waals surface area contributed by atoms with Crippen LogP contribution in [0.4, 0.5) is 0 Å². The Balaban J connectivity index is 2.08. The summed E-state index contributed by atoms with van der Waals surface area (Å²) in [6, 6.07) is 0. The van der Waals surface area contributed by atoms with Crippen LogP contribution >= 0.6 is 11.8 Å². The van der Waals surface area contributed by atoms with Gasteiger partial charge < -0.3 is 9.84 Å². The maximum atomic E-state index is 11.9. The van der Waals surface area contributed by atoms with Gasteiger partial charge >= 0.3 is 0 Å². The molecule has 0 saturated carbocycles. The molecule has 0 aliphatic carbocycles. The van der Waals surface area contributed by atoms with Gasteiger partial charge in [0.25, 0.3) is 5.78 Å². The summed E-state index contributed by atoms with van der Waals surface area (Å²) in [5.41, 5.74) is 0.949. The number of imidazole rings is 1. The quantitative estimate of drug-likeness (QED) is 0.462. The van der Waals surface area contributed by atoms with E-state index < -0.39 is 30.5 Å². The lowest BCUT2D eigenvalue weighted by molar-refractivity contribution is -0.136. The van der Waals surface area contributed by atoms with Gasteiger partial charge in [-0.05, 0) is 6.26 Å². The molecular weight excluding hydrogens is 284 g/mol. The van der Waals surface area contributed by atoms with Gasteiger partial charge in [-0.2, -0.15) is 0 Å². The molecule has 1 aliphatic heterocycles. The fourth-order valence-corrected chi connectivity index (χ4v) is 2.52. The molecule has 104 valence electrons. The Morgan fingerprint density at radius 2 is 2.15 bits per heavy atom. The van der Waals surface area contributed by atoms with Crippen molar-refractivity contribution >= 4 is 34.5 Å². The number of carbonyl (C=O) groups excluding carboxylic acids is 2. The number of hydrogen-bond donors (Lipinski definition) is 1. The van der Waals surface area contributed by atoms with Crippen molar-refractivity contribution in [2.45, 2.75) is 17.4 Å². The molecule has 9 heteroatoms. The summed E-state index contributed by atoms with van der Waals surface area (Å²) in [6.45, 7) is -0.529. The lowest BCUT2D eigenvalue weighted by Gasteiger charge is -2.11. The van der Waals surface area contributed by atoms with Gasteiger partial charge in [0.05, 0.1) is 12.9 Å². The Labute approximate surface area is 117 Å². The summed E-state index contributed by atoms with van der Waals surface area (Å²) in [6.07, 6.45) is 2.34. The second-order valence-electron chi connectivity index (χ2n) is 4.10. The molecule has 0 aromatic carbocycles. The molecule has 8 nitrogen and oxygen atoms in total. The standard InChI is InChI=1S/C11H10N4O4S/c1-20-10-6-9(12-3-13-10)15(4-14-6)11-8(18)7(17)5(2-16)19-11/h3-5,11,16H,2H2,1H3. The van der Waals surface area contributed by atoms with Gasteiger partial charge in [-0.3, -0.25) is 14.2 Å². The number of ether oxygens (including phenoxy) is 1. The van der Waals surface area contributed by atoms with Crippen LogP contribution in [0.25, 0.3) is 11.2 Å². The van der Waals surface area contributed by atoms with Crippen LogP contribution in [-0.4, -0.2) is 55.2 Å². The number of nitrogens with zero attached hydrogens (tertiary/aromatic N) is 4. The van der Waals surface area contributed by atoms with E-state index in [-0.39, 0.29) is 0 Å². The van der Waals surface area contributed by atoms with E-state index in [2.05, 4.69) is 15.0 Å². The minimum absolute atomic E-state index is 0.411. The van der Waals surface area contributed by atoms with Gasteiger partial charge in [0.2, 0.25) is 12.0 Å². The fourth-order valence-electron chi connectivity index (χ4n) is 2.03. The van der Waals surface area contributed by atoms with Crippen LogP contribution in [0.2, 0.25) is 0 Å². The highest BCUT2D eigenvalue weighted by Crippen LogP contribution is 2.27. The highest BCUT2D eigenvalue weighted by Gasteiger charge is 2.43. The third kappa shape index (κ3) is 1.82. The highest BCUT2D eigenvalue weighted by atomic mass is 32.2. The van der Waals surface area contributed by atoms with Gasteiger partial charge in [-0.15, -0.1) is 11.8 Å². The monoisotopic (exact) mass is 294 g/mol. The summed E-state index contributed by atoms with van der Waals surface area (Å²) >= 11 is 1.40. The average molecular weight is 294 g/mol.